The zero-order valence-corrected chi connectivity index (χ0v) is 18.5. The van der Waals surface area contributed by atoms with Gasteiger partial charge in [-0.3, -0.25) is 9.78 Å². The first-order valence-corrected chi connectivity index (χ1v) is 9.80. The number of likely N-dealkylation sites (N-methyl/N-ethyl adjacent to an activating group) is 1. The molecule has 0 spiro atoms. The molecule has 14 nitrogen and oxygen atoms in total. The van der Waals surface area contributed by atoms with E-state index in [1.807, 2.05) is 0 Å². The summed E-state index contributed by atoms with van der Waals surface area (Å²) in [5, 5.41) is 74.5. The van der Waals surface area contributed by atoms with Crippen LogP contribution in [0.4, 0.5) is 5.82 Å². The van der Waals surface area contributed by atoms with E-state index in [4.69, 9.17) is 5.26 Å². The standard InChI is InChI=1S/C19H26N6O8/c1-9(8-20)13(26)25-17(28,29)14(16(2,3)18(30,31)19(25,32)33)24(5)12-10-6-7-23(4)11(10)21-15(27)22-12/h6-7,9,14,28-33H,1-5H3,(H,21,22,27). The van der Waals surface area contributed by atoms with E-state index in [1.165, 1.54) is 13.1 Å². The Kier molecular flexibility index (Phi) is 5.38. The number of rotatable bonds is 3. The maximum atomic E-state index is 12.8. The largest absolute Gasteiger partial charge is 0.359 e. The predicted octanol–water partition coefficient (Wildman–Crippen LogP) is -2.95. The third-order valence-corrected chi connectivity index (χ3v) is 6.31. The van der Waals surface area contributed by atoms with Crippen molar-refractivity contribution in [2.24, 2.45) is 18.4 Å². The number of aromatic nitrogens is 3. The van der Waals surface area contributed by atoms with Crippen LogP contribution in [0, 0.1) is 22.7 Å². The van der Waals surface area contributed by atoms with E-state index in [9.17, 15) is 40.2 Å². The zero-order chi connectivity index (χ0) is 25.3. The monoisotopic (exact) mass is 466 g/mol. The fourth-order valence-electron chi connectivity index (χ4n) is 4.47. The van der Waals surface area contributed by atoms with Crippen molar-refractivity contribution in [3.8, 4) is 6.07 Å². The number of H-pyrrole nitrogens is 1. The van der Waals surface area contributed by atoms with Crippen molar-refractivity contribution < 1.29 is 35.4 Å². The first kappa shape index (κ1) is 24.6. The minimum absolute atomic E-state index is 0.125. The van der Waals surface area contributed by atoms with E-state index in [0.29, 0.717) is 11.0 Å². The topological polar surface area (TPSA) is 219 Å². The Hall–Kier alpha value is -3.06. The molecule has 2 atom stereocenters. The number of hydrogen-bond donors (Lipinski definition) is 7. The van der Waals surface area contributed by atoms with Crippen LogP contribution in [0.25, 0.3) is 11.0 Å². The molecular formula is C19H26N6O8. The highest BCUT2D eigenvalue weighted by atomic mass is 16.6. The molecule has 14 heteroatoms. The van der Waals surface area contributed by atoms with E-state index in [-0.39, 0.29) is 10.7 Å². The van der Waals surface area contributed by atoms with Gasteiger partial charge in [-0.2, -0.15) is 10.2 Å². The molecule has 7 N–H and O–H groups in total. The lowest BCUT2D eigenvalue weighted by atomic mass is 9.68. The van der Waals surface area contributed by atoms with Gasteiger partial charge >= 0.3 is 11.6 Å². The summed E-state index contributed by atoms with van der Waals surface area (Å²) < 4.78 is 1.56. The van der Waals surface area contributed by atoms with Crippen LogP contribution in [0.1, 0.15) is 20.8 Å². The van der Waals surface area contributed by atoms with Gasteiger partial charge in [0.15, 0.2) is 0 Å². The normalized spacial score (nSPS) is 23.7. The number of piperidine rings is 1. The molecule has 0 aromatic carbocycles. The van der Waals surface area contributed by atoms with Gasteiger partial charge in [0, 0.05) is 20.3 Å². The molecule has 1 amide bonds. The first-order chi connectivity index (χ1) is 14.9. The molecule has 2 aromatic heterocycles. The van der Waals surface area contributed by atoms with Gasteiger partial charge in [-0.05, 0) is 13.0 Å². The fraction of sp³-hybridized carbons (Fsp3) is 0.579. The molecule has 180 valence electrons. The predicted molar refractivity (Wildman–Crippen MR) is 110 cm³/mol. The number of fused-ring (bicyclic) bond motifs is 1. The van der Waals surface area contributed by atoms with Crippen molar-refractivity contribution in [2.45, 2.75) is 44.4 Å². The van der Waals surface area contributed by atoms with Crippen LogP contribution in [-0.2, 0) is 11.8 Å². The second-order valence-electron chi connectivity index (χ2n) is 8.81. The molecule has 1 fully saturated rings. The molecule has 1 aliphatic heterocycles. The highest BCUT2D eigenvalue weighted by molar-refractivity contribution is 5.88. The Morgan fingerprint density at radius 1 is 1.27 bits per heavy atom. The molecule has 1 aliphatic rings. The molecule has 0 saturated carbocycles. The SMILES string of the molecule is CC(C#N)C(=O)N1C(O)(O)C(N(C)c2nc(=O)[nH]c3c2ccn3C)C(C)(C)C(O)(O)C1(O)O. The van der Waals surface area contributed by atoms with Gasteiger partial charge in [-0.1, -0.05) is 13.8 Å². The molecule has 0 radical (unpaired) electrons. The maximum Gasteiger partial charge on any atom is 0.348 e. The minimum atomic E-state index is -3.93. The van der Waals surface area contributed by atoms with E-state index < -0.39 is 46.6 Å². The summed E-state index contributed by atoms with van der Waals surface area (Å²) >= 11 is 0. The highest BCUT2D eigenvalue weighted by Gasteiger charge is 2.77. The summed E-state index contributed by atoms with van der Waals surface area (Å²) in [4.78, 5) is 32.0. The molecule has 2 aromatic rings. The fourth-order valence-corrected chi connectivity index (χ4v) is 4.47. The smallest absolute Gasteiger partial charge is 0.348 e. The van der Waals surface area contributed by atoms with Crippen LogP contribution in [0.15, 0.2) is 17.1 Å². The Bertz CT molecular complexity index is 1210. The van der Waals surface area contributed by atoms with Gasteiger partial charge in [0.25, 0.3) is 5.91 Å². The molecule has 33 heavy (non-hydrogen) atoms. The summed E-state index contributed by atoms with van der Waals surface area (Å²) in [5.41, 5.74) is -2.69. The summed E-state index contributed by atoms with van der Waals surface area (Å²) in [6, 6.07) is 1.17. The molecule has 0 bridgehead atoms. The summed E-state index contributed by atoms with van der Waals surface area (Å²) in [6.45, 7) is 3.22. The Morgan fingerprint density at radius 2 is 1.85 bits per heavy atom. The summed E-state index contributed by atoms with van der Waals surface area (Å²) in [6.07, 6.45) is 1.59. The van der Waals surface area contributed by atoms with Crippen LogP contribution in [0.2, 0.25) is 0 Å². The van der Waals surface area contributed by atoms with Gasteiger partial charge in [0.05, 0.1) is 16.9 Å². The van der Waals surface area contributed by atoms with Crippen LogP contribution in [0.5, 0.6) is 0 Å². The van der Waals surface area contributed by atoms with Gasteiger partial charge in [0.1, 0.15) is 23.4 Å². The number of likely N-dealkylation sites (tertiary alicyclic amines) is 1. The second-order valence-corrected chi connectivity index (χ2v) is 8.81. The lowest BCUT2D eigenvalue weighted by Crippen LogP contribution is -2.88. The number of hydrogen-bond acceptors (Lipinski definition) is 11. The number of aliphatic hydroxyl groups is 6. The zero-order valence-electron chi connectivity index (χ0n) is 18.5. The second kappa shape index (κ2) is 7.22. The maximum absolute atomic E-state index is 12.8. The van der Waals surface area contributed by atoms with Gasteiger partial charge in [0.2, 0.25) is 11.7 Å². The minimum Gasteiger partial charge on any atom is -0.359 e. The van der Waals surface area contributed by atoms with E-state index in [1.54, 1.807) is 23.9 Å². The molecule has 0 aliphatic carbocycles. The number of aryl methyl sites for hydroxylation is 1. The van der Waals surface area contributed by atoms with Crippen LogP contribution in [0.3, 0.4) is 0 Å². The van der Waals surface area contributed by atoms with E-state index >= 15 is 0 Å². The van der Waals surface area contributed by atoms with Crippen LogP contribution >= 0.6 is 0 Å². The van der Waals surface area contributed by atoms with Crippen molar-refractivity contribution in [1.82, 2.24) is 19.4 Å². The van der Waals surface area contributed by atoms with E-state index in [0.717, 1.165) is 25.7 Å². The number of carbonyl (C=O) groups excluding carboxylic acids is 1. The molecule has 3 rings (SSSR count). The number of nitrogens with zero attached hydrogens (tertiary/aromatic N) is 5. The summed E-state index contributed by atoms with van der Waals surface area (Å²) in [7, 11) is 2.88. The molecule has 2 unspecified atom stereocenters. The van der Waals surface area contributed by atoms with Crippen molar-refractivity contribution in [3.05, 3.63) is 22.7 Å². The van der Waals surface area contributed by atoms with Crippen molar-refractivity contribution in [2.75, 3.05) is 11.9 Å². The average molecular weight is 466 g/mol. The van der Waals surface area contributed by atoms with Gasteiger partial charge < -0.3 is 40.1 Å². The molecule has 3 heterocycles. The average Bonchev–Trinajstić information content (AvgIpc) is 3.05. The Labute approximate surface area is 187 Å². The first-order valence-electron chi connectivity index (χ1n) is 9.80. The van der Waals surface area contributed by atoms with E-state index in [2.05, 4.69) is 9.97 Å². The van der Waals surface area contributed by atoms with Gasteiger partial charge in [-0.15, -0.1) is 0 Å². The van der Waals surface area contributed by atoms with Crippen molar-refractivity contribution in [1.29, 1.82) is 5.26 Å². The number of aromatic amines is 1. The number of nitrogens with one attached hydrogen (secondary N) is 1. The Morgan fingerprint density at radius 3 is 2.39 bits per heavy atom. The van der Waals surface area contributed by atoms with Crippen molar-refractivity contribution in [3.63, 3.8) is 0 Å². The number of anilines is 1. The summed E-state index contributed by atoms with van der Waals surface area (Å²) in [5.74, 6) is -14.2. The lowest BCUT2D eigenvalue weighted by Gasteiger charge is -2.63. The quantitative estimate of drug-likeness (QED) is 0.227. The number of nitriles is 1. The van der Waals surface area contributed by atoms with Crippen LogP contribution in [-0.4, -0.2) is 86.7 Å². The third kappa shape index (κ3) is 3.13. The van der Waals surface area contributed by atoms with Gasteiger partial charge in [-0.25, -0.2) is 9.69 Å². The van der Waals surface area contributed by atoms with Crippen molar-refractivity contribution >= 4 is 22.8 Å². The number of amides is 1. The lowest BCUT2D eigenvalue weighted by molar-refractivity contribution is -0.511. The number of carbonyl (C=O) groups is 1. The molecular weight excluding hydrogens is 440 g/mol. The highest BCUT2D eigenvalue weighted by Crippen LogP contribution is 2.52. The third-order valence-electron chi connectivity index (χ3n) is 6.31. The van der Waals surface area contributed by atoms with Crippen LogP contribution < -0.4 is 10.6 Å². The Balaban J connectivity index is 2.31. The molecule has 1 saturated heterocycles.